The first-order valence-electron chi connectivity index (χ1n) is 9.10. The van der Waals surface area contributed by atoms with Gasteiger partial charge in [0.15, 0.2) is 17.3 Å². The van der Waals surface area contributed by atoms with Crippen molar-refractivity contribution in [3.05, 3.63) is 77.5 Å². The molecular weight excluding hydrogens is 368 g/mol. The second kappa shape index (κ2) is 7.55. The van der Waals surface area contributed by atoms with E-state index < -0.39 is 0 Å². The average molecular weight is 388 g/mol. The summed E-state index contributed by atoms with van der Waals surface area (Å²) in [4.78, 5) is 33.5. The summed E-state index contributed by atoms with van der Waals surface area (Å²) >= 11 is 0. The predicted molar refractivity (Wildman–Crippen MR) is 113 cm³/mol. The highest BCUT2D eigenvalue weighted by Crippen LogP contribution is 2.21. The monoisotopic (exact) mass is 388 g/mol. The number of benzene rings is 1. The molecule has 3 N–H and O–H groups in total. The second-order valence-corrected chi connectivity index (χ2v) is 6.38. The van der Waals surface area contributed by atoms with Gasteiger partial charge in [0, 0.05) is 5.70 Å². The van der Waals surface area contributed by atoms with Crippen molar-refractivity contribution in [1.29, 1.82) is 0 Å². The molecular formula is C20H20N8O. The molecule has 0 fully saturated rings. The number of anilines is 1. The van der Waals surface area contributed by atoms with Gasteiger partial charge in [-0.05, 0) is 32.1 Å². The van der Waals surface area contributed by atoms with Gasteiger partial charge >= 0.3 is 0 Å². The Morgan fingerprint density at radius 3 is 2.90 bits per heavy atom. The number of para-hydroxylation sites is 1. The van der Waals surface area contributed by atoms with Crippen molar-refractivity contribution in [2.24, 2.45) is 0 Å². The van der Waals surface area contributed by atoms with Crippen molar-refractivity contribution in [2.45, 2.75) is 19.9 Å². The molecule has 0 aliphatic carbocycles. The summed E-state index contributed by atoms with van der Waals surface area (Å²) in [7, 11) is 0. The molecule has 0 saturated carbocycles. The molecule has 0 aliphatic rings. The van der Waals surface area contributed by atoms with Crippen LogP contribution >= 0.6 is 0 Å². The largest absolute Gasteiger partial charge is 0.358 e. The Bertz CT molecular complexity index is 1290. The maximum absolute atomic E-state index is 13.2. The van der Waals surface area contributed by atoms with Crippen LogP contribution in [0.25, 0.3) is 22.1 Å². The number of nitrogens with zero attached hydrogens (tertiary/aromatic N) is 5. The maximum Gasteiger partial charge on any atom is 0.280 e. The highest BCUT2D eigenvalue weighted by Gasteiger charge is 2.19. The summed E-state index contributed by atoms with van der Waals surface area (Å²) in [6.45, 7) is 7.55. The Balaban J connectivity index is 1.83. The van der Waals surface area contributed by atoms with Crippen LogP contribution in [0.4, 0.5) is 5.82 Å². The molecule has 1 unspecified atom stereocenters. The number of aromatic nitrogens is 6. The molecule has 0 saturated heterocycles. The maximum atomic E-state index is 13.2. The van der Waals surface area contributed by atoms with E-state index in [2.05, 4.69) is 37.3 Å². The first-order valence-corrected chi connectivity index (χ1v) is 9.10. The van der Waals surface area contributed by atoms with Crippen molar-refractivity contribution in [2.75, 3.05) is 10.7 Å². The van der Waals surface area contributed by atoms with Gasteiger partial charge < -0.3 is 10.3 Å². The van der Waals surface area contributed by atoms with Crippen LogP contribution in [0.3, 0.4) is 0 Å². The minimum atomic E-state index is -0.357. The van der Waals surface area contributed by atoms with Crippen molar-refractivity contribution in [3.8, 4) is 0 Å². The Morgan fingerprint density at radius 2 is 2.10 bits per heavy atom. The summed E-state index contributed by atoms with van der Waals surface area (Å²) < 4.78 is 1.43. The lowest BCUT2D eigenvalue weighted by Crippen LogP contribution is -2.34. The van der Waals surface area contributed by atoms with E-state index in [1.807, 2.05) is 38.1 Å². The Hall–Kier alpha value is -4.01. The van der Waals surface area contributed by atoms with E-state index in [-0.39, 0.29) is 11.6 Å². The molecule has 0 spiro atoms. The number of imidazole rings is 1. The number of fused-ring (bicyclic) bond motifs is 2. The first kappa shape index (κ1) is 18.4. The van der Waals surface area contributed by atoms with Gasteiger partial charge in [0.1, 0.15) is 11.8 Å². The lowest BCUT2D eigenvalue weighted by atomic mass is 10.2. The molecule has 3 aromatic heterocycles. The van der Waals surface area contributed by atoms with Gasteiger partial charge in [-0.15, -0.1) is 0 Å². The topological polar surface area (TPSA) is 113 Å². The third kappa shape index (κ3) is 3.33. The molecule has 0 amide bonds. The van der Waals surface area contributed by atoms with Gasteiger partial charge in [0.05, 0.1) is 23.3 Å². The summed E-state index contributed by atoms with van der Waals surface area (Å²) in [5.41, 5.74) is 5.45. The number of H-pyrrole nitrogens is 1. The van der Waals surface area contributed by atoms with E-state index >= 15 is 0 Å². The first-order chi connectivity index (χ1) is 14.1. The second-order valence-electron chi connectivity index (χ2n) is 6.38. The number of aromatic amines is 1. The quantitative estimate of drug-likeness (QED) is 0.435. The molecule has 0 aliphatic heterocycles. The van der Waals surface area contributed by atoms with Gasteiger partial charge in [-0.3, -0.25) is 10.2 Å². The minimum absolute atomic E-state index is 0.199. The molecule has 9 heteroatoms. The number of hydrogen-bond donors (Lipinski definition) is 3. The number of rotatable bonds is 6. The fourth-order valence-corrected chi connectivity index (χ4v) is 3.05. The molecule has 0 bridgehead atoms. The van der Waals surface area contributed by atoms with Crippen LogP contribution in [-0.2, 0) is 0 Å². The molecule has 29 heavy (non-hydrogen) atoms. The predicted octanol–water partition coefficient (Wildman–Crippen LogP) is 2.87. The summed E-state index contributed by atoms with van der Waals surface area (Å²) in [6, 6.07) is 6.89. The zero-order chi connectivity index (χ0) is 20.4. The van der Waals surface area contributed by atoms with Gasteiger partial charge in [-0.2, -0.15) is 0 Å². The van der Waals surface area contributed by atoms with Crippen LogP contribution in [0.2, 0.25) is 0 Å². The molecule has 3 heterocycles. The fourth-order valence-electron chi connectivity index (χ4n) is 3.05. The summed E-state index contributed by atoms with van der Waals surface area (Å²) in [5.74, 6) is 1.07. The molecule has 4 aromatic rings. The lowest BCUT2D eigenvalue weighted by molar-refractivity contribution is 0.695. The van der Waals surface area contributed by atoms with Crippen LogP contribution in [0.1, 0.15) is 25.7 Å². The lowest BCUT2D eigenvalue weighted by Gasteiger charge is -2.21. The normalized spacial score (nSPS) is 12.8. The van der Waals surface area contributed by atoms with Crippen LogP contribution in [-0.4, -0.2) is 29.6 Å². The Kier molecular flexibility index (Phi) is 4.78. The fraction of sp³-hybridized carbons (Fsp3) is 0.150. The van der Waals surface area contributed by atoms with Crippen molar-refractivity contribution >= 4 is 27.9 Å². The van der Waals surface area contributed by atoms with Crippen LogP contribution < -0.4 is 16.3 Å². The summed E-state index contributed by atoms with van der Waals surface area (Å²) in [6.07, 6.45) is 6.47. The SMILES string of the molecule is C=C/C(=C\C)Nn1c(C(C)Nc2ncnc3nc[nH]c23)nc2ccccc2c1=O. The van der Waals surface area contributed by atoms with Gasteiger partial charge in [0.25, 0.3) is 5.56 Å². The number of allylic oxidation sites excluding steroid dienone is 2. The molecule has 0 radical (unpaired) electrons. The highest BCUT2D eigenvalue weighted by molar-refractivity contribution is 5.82. The van der Waals surface area contributed by atoms with E-state index in [4.69, 9.17) is 4.98 Å². The van der Waals surface area contributed by atoms with E-state index in [1.54, 1.807) is 18.5 Å². The van der Waals surface area contributed by atoms with Crippen molar-refractivity contribution in [3.63, 3.8) is 0 Å². The Labute approximate surface area is 166 Å². The smallest absolute Gasteiger partial charge is 0.280 e. The van der Waals surface area contributed by atoms with Crippen LogP contribution in [0.15, 0.2) is 66.1 Å². The van der Waals surface area contributed by atoms with Crippen LogP contribution in [0, 0.1) is 0 Å². The zero-order valence-corrected chi connectivity index (χ0v) is 16.0. The average Bonchev–Trinajstić information content (AvgIpc) is 3.23. The third-order valence-electron chi connectivity index (χ3n) is 4.54. The molecule has 9 nitrogen and oxygen atoms in total. The molecule has 1 atom stereocenters. The van der Waals surface area contributed by atoms with E-state index in [0.29, 0.717) is 39.4 Å². The van der Waals surface area contributed by atoms with Crippen molar-refractivity contribution in [1.82, 2.24) is 29.6 Å². The summed E-state index contributed by atoms with van der Waals surface area (Å²) in [5, 5.41) is 3.82. The number of nitrogens with one attached hydrogen (secondary N) is 3. The van der Waals surface area contributed by atoms with E-state index in [0.717, 1.165) is 0 Å². The van der Waals surface area contributed by atoms with Gasteiger partial charge in [0.2, 0.25) is 0 Å². The third-order valence-corrected chi connectivity index (χ3v) is 4.54. The van der Waals surface area contributed by atoms with Gasteiger partial charge in [-0.1, -0.05) is 24.8 Å². The van der Waals surface area contributed by atoms with Crippen LogP contribution in [0.5, 0.6) is 0 Å². The minimum Gasteiger partial charge on any atom is -0.358 e. The van der Waals surface area contributed by atoms with Gasteiger partial charge in [-0.25, -0.2) is 24.6 Å². The molecule has 1 aromatic carbocycles. The Morgan fingerprint density at radius 1 is 1.28 bits per heavy atom. The number of hydrogen-bond acceptors (Lipinski definition) is 7. The zero-order valence-electron chi connectivity index (χ0n) is 16.0. The van der Waals surface area contributed by atoms with E-state index in [9.17, 15) is 4.79 Å². The standard InChI is InChI=1S/C20H20N8O/c1-4-13(5-2)27-28-19(26-15-9-7-6-8-14(15)20(28)29)12(3)25-18-16-17(22-10-21-16)23-11-24-18/h4-12,27H,1H2,2-3H3,(H2,21,22,23,24,25)/b13-5+. The van der Waals surface area contributed by atoms with E-state index in [1.165, 1.54) is 11.0 Å². The molecule has 4 rings (SSSR count). The highest BCUT2D eigenvalue weighted by atomic mass is 16.1. The molecule has 146 valence electrons. The van der Waals surface area contributed by atoms with Crippen molar-refractivity contribution < 1.29 is 0 Å².